The summed E-state index contributed by atoms with van der Waals surface area (Å²) in [7, 11) is 0. The summed E-state index contributed by atoms with van der Waals surface area (Å²) in [4.78, 5) is 33.8. The number of nitrogens with zero attached hydrogens (tertiary/aromatic N) is 2. The molecule has 2 heterocycles. The Balaban J connectivity index is 1.76. The second-order valence-corrected chi connectivity index (χ2v) is 8.77. The van der Waals surface area contributed by atoms with Gasteiger partial charge in [-0.25, -0.2) is 4.98 Å². The highest BCUT2D eigenvalue weighted by Crippen LogP contribution is 2.44. The molecule has 3 rings (SSSR count). The summed E-state index contributed by atoms with van der Waals surface area (Å²) in [5, 5.41) is 0. The highest BCUT2D eigenvalue weighted by Gasteiger charge is 2.45. The molecule has 27 heavy (non-hydrogen) atoms. The van der Waals surface area contributed by atoms with Gasteiger partial charge in [-0.05, 0) is 25.7 Å². The molecule has 1 aliphatic heterocycles. The van der Waals surface area contributed by atoms with Gasteiger partial charge in [0.15, 0.2) is 0 Å². The molecular formula is C19H26F3N3O2. The van der Waals surface area contributed by atoms with E-state index in [2.05, 4.69) is 4.98 Å². The van der Waals surface area contributed by atoms with E-state index in [0.717, 1.165) is 17.7 Å². The molecule has 150 valence electrons. The van der Waals surface area contributed by atoms with Crippen molar-refractivity contribution in [3.8, 4) is 0 Å². The third-order valence-electron chi connectivity index (χ3n) is 5.78. The smallest absolute Gasteiger partial charge is 0.343 e. The van der Waals surface area contributed by atoms with E-state index in [9.17, 15) is 22.8 Å². The molecule has 1 aromatic rings. The molecule has 1 saturated heterocycles. The van der Waals surface area contributed by atoms with Crippen LogP contribution < -0.4 is 5.56 Å². The maximum Gasteiger partial charge on any atom is 0.389 e. The van der Waals surface area contributed by atoms with E-state index in [1.807, 2.05) is 20.8 Å². The average Bonchev–Trinajstić information content (AvgIpc) is 2.91. The average molecular weight is 385 g/mol. The fraction of sp³-hybridized carbons (Fsp3) is 0.737. The molecule has 5 nitrogen and oxygen atoms in total. The second kappa shape index (κ2) is 6.63. The Kier molecular flexibility index (Phi) is 4.89. The summed E-state index contributed by atoms with van der Waals surface area (Å²) in [6.07, 6.45) is -3.16. The third-order valence-corrected chi connectivity index (χ3v) is 5.78. The van der Waals surface area contributed by atoms with E-state index in [1.54, 1.807) is 0 Å². The third kappa shape index (κ3) is 4.04. The van der Waals surface area contributed by atoms with Crippen LogP contribution in [0.25, 0.3) is 0 Å². The summed E-state index contributed by atoms with van der Waals surface area (Å²) in [6.45, 7) is 6.79. The molecule has 2 aliphatic rings. The summed E-state index contributed by atoms with van der Waals surface area (Å²) in [6, 6.07) is 0. The maximum atomic E-state index is 12.5. The Hall–Kier alpha value is -1.86. The Morgan fingerprint density at radius 2 is 1.81 bits per heavy atom. The molecule has 1 spiro atoms. The number of piperidine rings is 1. The summed E-state index contributed by atoms with van der Waals surface area (Å²) < 4.78 is 37.0. The number of H-pyrrole nitrogens is 1. The van der Waals surface area contributed by atoms with Crippen LogP contribution in [0, 0.1) is 0 Å². The number of aromatic amines is 1. The molecule has 1 N–H and O–H groups in total. The van der Waals surface area contributed by atoms with E-state index in [0.29, 0.717) is 38.2 Å². The zero-order valence-electron chi connectivity index (χ0n) is 16.0. The van der Waals surface area contributed by atoms with E-state index in [-0.39, 0.29) is 16.4 Å². The molecule has 1 fully saturated rings. The van der Waals surface area contributed by atoms with Crippen molar-refractivity contribution in [3.05, 3.63) is 27.4 Å². The molecule has 8 heteroatoms. The molecule has 0 saturated carbocycles. The number of carbonyl (C=O) groups excluding carboxylic acids is 1. The normalized spacial score (nSPS) is 19.4. The summed E-state index contributed by atoms with van der Waals surface area (Å²) >= 11 is 0. The van der Waals surface area contributed by atoms with Gasteiger partial charge < -0.3 is 9.88 Å². The highest BCUT2D eigenvalue weighted by atomic mass is 19.4. The van der Waals surface area contributed by atoms with Crippen LogP contribution in [0.3, 0.4) is 0 Å². The van der Waals surface area contributed by atoms with Crippen molar-refractivity contribution < 1.29 is 18.0 Å². The first-order valence-electron chi connectivity index (χ1n) is 9.40. The monoisotopic (exact) mass is 385 g/mol. The fourth-order valence-corrected chi connectivity index (χ4v) is 4.08. The number of rotatable bonds is 2. The molecule has 1 aliphatic carbocycles. The second-order valence-electron chi connectivity index (χ2n) is 8.77. The highest BCUT2D eigenvalue weighted by molar-refractivity contribution is 5.76. The first kappa shape index (κ1) is 19.9. The van der Waals surface area contributed by atoms with Gasteiger partial charge in [0, 0.05) is 35.9 Å². The van der Waals surface area contributed by atoms with Crippen LogP contribution in [0.1, 0.15) is 70.0 Å². The predicted octanol–water partition coefficient (Wildman–Crippen LogP) is 3.22. The van der Waals surface area contributed by atoms with Gasteiger partial charge in [-0.2, -0.15) is 13.2 Å². The van der Waals surface area contributed by atoms with Crippen molar-refractivity contribution in [2.24, 2.45) is 0 Å². The minimum atomic E-state index is -4.31. The molecule has 0 unspecified atom stereocenters. The van der Waals surface area contributed by atoms with Gasteiger partial charge in [-0.15, -0.1) is 0 Å². The van der Waals surface area contributed by atoms with E-state index in [1.165, 1.54) is 4.90 Å². The maximum absolute atomic E-state index is 12.5. The minimum Gasteiger partial charge on any atom is -0.343 e. The van der Waals surface area contributed by atoms with Crippen molar-refractivity contribution in [1.82, 2.24) is 14.9 Å². The number of halogens is 3. The number of aromatic nitrogens is 2. The first-order valence-corrected chi connectivity index (χ1v) is 9.40. The van der Waals surface area contributed by atoms with Crippen LogP contribution in [0.4, 0.5) is 13.2 Å². The molecule has 0 aromatic carbocycles. The van der Waals surface area contributed by atoms with Crippen LogP contribution >= 0.6 is 0 Å². The van der Waals surface area contributed by atoms with Crippen molar-refractivity contribution >= 4 is 5.91 Å². The van der Waals surface area contributed by atoms with Crippen LogP contribution in [-0.2, 0) is 22.0 Å². The Morgan fingerprint density at radius 1 is 1.19 bits per heavy atom. The van der Waals surface area contributed by atoms with Crippen LogP contribution in [-0.4, -0.2) is 40.0 Å². The number of amides is 1. The van der Waals surface area contributed by atoms with Crippen LogP contribution in [0.2, 0.25) is 0 Å². The number of likely N-dealkylation sites (tertiary alicyclic amines) is 1. The van der Waals surface area contributed by atoms with Crippen molar-refractivity contribution in [2.45, 2.75) is 76.3 Å². The number of fused-ring (bicyclic) bond motifs is 2. The lowest BCUT2D eigenvalue weighted by Crippen LogP contribution is -2.45. The number of nitrogens with one attached hydrogen (secondary N) is 1. The molecule has 0 atom stereocenters. The molecule has 0 radical (unpaired) electrons. The SMILES string of the molecule is CC(C)(C)c1nc2c(c(=O)[nH]1)CCC21CCN(C(=O)CCC(F)(F)F)CC1. The lowest BCUT2D eigenvalue weighted by molar-refractivity contribution is -0.150. The van der Waals surface area contributed by atoms with Gasteiger partial charge in [-0.3, -0.25) is 9.59 Å². The van der Waals surface area contributed by atoms with Gasteiger partial charge in [-0.1, -0.05) is 20.8 Å². The Labute approximate surface area is 156 Å². The number of alkyl halides is 3. The van der Waals surface area contributed by atoms with E-state index in [4.69, 9.17) is 4.98 Å². The van der Waals surface area contributed by atoms with Crippen molar-refractivity contribution in [3.63, 3.8) is 0 Å². The predicted molar refractivity (Wildman–Crippen MR) is 94.7 cm³/mol. The zero-order valence-corrected chi connectivity index (χ0v) is 16.0. The molecule has 0 bridgehead atoms. The van der Waals surface area contributed by atoms with Gasteiger partial charge in [0.25, 0.3) is 5.56 Å². The van der Waals surface area contributed by atoms with E-state index >= 15 is 0 Å². The molecule has 1 amide bonds. The first-order chi connectivity index (χ1) is 12.4. The Morgan fingerprint density at radius 3 is 2.37 bits per heavy atom. The Bertz CT molecular complexity index is 785. The lowest BCUT2D eigenvalue weighted by atomic mass is 9.76. The van der Waals surface area contributed by atoms with Gasteiger partial charge in [0.05, 0.1) is 12.1 Å². The van der Waals surface area contributed by atoms with Gasteiger partial charge in [0.2, 0.25) is 5.91 Å². The minimum absolute atomic E-state index is 0.0921. The van der Waals surface area contributed by atoms with Crippen molar-refractivity contribution in [2.75, 3.05) is 13.1 Å². The summed E-state index contributed by atoms with van der Waals surface area (Å²) in [5.41, 5.74) is 0.931. The fourth-order valence-electron chi connectivity index (χ4n) is 4.08. The van der Waals surface area contributed by atoms with Gasteiger partial charge >= 0.3 is 6.18 Å². The van der Waals surface area contributed by atoms with Crippen LogP contribution in [0.15, 0.2) is 4.79 Å². The number of carbonyl (C=O) groups is 1. The lowest BCUT2D eigenvalue weighted by Gasteiger charge is -2.39. The molecule has 1 aromatic heterocycles. The number of hydrogen-bond acceptors (Lipinski definition) is 3. The van der Waals surface area contributed by atoms with E-state index < -0.39 is 24.9 Å². The van der Waals surface area contributed by atoms with Gasteiger partial charge in [0.1, 0.15) is 5.82 Å². The quantitative estimate of drug-likeness (QED) is 0.850. The topological polar surface area (TPSA) is 66.1 Å². The largest absolute Gasteiger partial charge is 0.389 e. The van der Waals surface area contributed by atoms with Crippen LogP contribution in [0.5, 0.6) is 0 Å². The summed E-state index contributed by atoms with van der Waals surface area (Å²) in [5.74, 6) is 0.200. The standard InChI is InChI=1S/C19H26F3N3O2/c1-17(2,3)16-23-14-12(15(27)24-16)4-6-18(14)8-10-25(11-9-18)13(26)5-7-19(20,21)22/h4-11H2,1-3H3,(H,23,24,27). The van der Waals surface area contributed by atoms with Crippen molar-refractivity contribution in [1.29, 1.82) is 0 Å². The molecular weight excluding hydrogens is 359 g/mol. The number of hydrogen-bond donors (Lipinski definition) is 1. The zero-order chi connectivity index (χ0) is 20.0.